The van der Waals surface area contributed by atoms with Crippen LogP contribution >= 0.6 is 0 Å². The van der Waals surface area contributed by atoms with Gasteiger partial charge in [0.05, 0.1) is 12.2 Å². The lowest BCUT2D eigenvalue weighted by molar-refractivity contribution is -0.289. The van der Waals surface area contributed by atoms with E-state index in [9.17, 15) is 39.9 Å². The van der Waals surface area contributed by atoms with Crippen LogP contribution in [0.2, 0.25) is 0 Å². The van der Waals surface area contributed by atoms with E-state index in [1.54, 1.807) is 0 Å². The first-order valence-electron chi connectivity index (χ1n) is 7.10. The second-order valence-corrected chi connectivity index (χ2v) is 5.10. The molecular weight excluding hydrogens is 394 g/mol. The summed E-state index contributed by atoms with van der Waals surface area (Å²) in [5.41, 5.74) is -4.77. The van der Waals surface area contributed by atoms with Crippen molar-refractivity contribution >= 4 is 5.97 Å². The largest absolute Gasteiger partial charge is 0.460 e. The van der Waals surface area contributed by atoms with Gasteiger partial charge in [-0.3, -0.25) is 0 Å². The zero-order valence-corrected chi connectivity index (χ0v) is 13.2. The molecule has 0 aliphatic heterocycles. The molecule has 12 heteroatoms. The van der Waals surface area contributed by atoms with Crippen molar-refractivity contribution in [1.82, 2.24) is 5.16 Å². The van der Waals surface area contributed by atoms with Crippen LogP contribution in [-0.4, -0.2) is 23.9 Å². The molecule has 0 saturated heterocycles. The van der Waals surface area contributed by atoms with Crippen LogP contribution in [0.5, 0.6) is 0 Å². The number of carbonyl (C=O) groups excluding carboxylic acids is 1. The molecule has 0 unspecified atom stereocenters. The van der Waals surface area contributed by atoms with Gasteiger partial charge in [-0.25, -0.2) is 4.79 Å². The molecule has 0 spiro atoms. The van der Waals surface area contributed by atoms with Gasteiger partial charge < -0.3 is 9.26 Å². The maximum atomic E-state index is 14.0. The minimum atomic E-state index is -6.12. The van der Waals surface area contributed by atoms with Crippen molar-refractivity contribution in [2.24, 2.45) is 0 Å². The summed E-state index contributed by atoms with van der Waals surface area (Å²) in [7, 11) is 0. The van der Waals surface area contributed by atoms with Crippen LogP contribution in [0.15, 0.2) is 28.8 Å². The number of hydrogen-bond donors (Lipinski definition) is 0. The summed E-state index contributed by atoms with van der Waals surface area (Å²) < 4.78 is 113. The maximum Gasteiger partial charge on any atom is 0.458 e. The van der Waals surface area contributed by atoms with Gasteiger partial charge in [-0.2, -0.15) is 35.1 Å². The van der Waals surface area contributed by atoms with Gasteiger partial charge in [0.2, 0.25) is 0 Å². The molecule has 2 aromatic rings. The third-order valence-corrected chi connectivity index (χ3v) is 3.31. The van der Waals surface area contributed by atoms with Crippen LogP contribution < -0.4 is 0 Å². The molecule has 0 fully saturated rings. The lowest BCUT2D eigenvalue weighted by Gasteiger charge is -2.20. The van der Waals surface area contributed by atoms with Gasteiger partial charge in [0.15, 0.2) is 0 Å². The highest BCUT2D eigenvalue weighted by atomic mass is 19.4. The Kier molecular flexibility index (Phi) is 5.21. The van der Waals surface area contributed by atoms with E-state index in [1.807, 2.05) is 0 Å². The fraction of sp³-hybridized carbons (Fsp3) is 0.333. The van der Waals surface area contributed by atoms with Crippen molar-refractivity contribution < 1.29 is 49.2 Å². The van der Waals surface area contributed by atoms with E-state index < -0.39 is 52.4 Å². The van der Waals surface area contributed by atoms with Crippen molar-refractivity contribution in [2.45, 2.75) is 25.2 Å². The quantitative estimate of drug-likeness (QED) is 0.521. The number of benzene rings is 1. The Morgan fingerprint density at radius 2 is 1.59 bits per heavy atom. The molecule has 0 saturated carbocycles. The van der Waals surface area contributed by atoms with Crippen molar-refractivity contribution in [2.75, 3.05) is 6.61 Å². The number of carbonyl (C=O) groups is 1. The molecule has 148 valence electrons. The minimum absolute atomic E-state index is 0.355. The predicted octanol–water partition coefficient (Wildman–Crippen LogP) is 5.19. The van der Waals surface area contributed by atoms with Crippen molar-refractivity contribution in [1.29, 1.82) is 0 Å². The van der Waals surface area contributed by atoms with Crippen LogP contribution in [0.4, 0.5) is 35.1 Å². The van der Waals surface area contributed by atoms with Crippen LogP contribution in [0.1, 0.15) is 28.6 Å². The Morgan fingerprint density at radius 3 is 2.04 bits per heavy atom. The van der Waals surface area contributed by atoms with E-state index in [1.165, 1.54) is 6.92 Å². The van der Waals surface area contributed by atoms with E-state index in [-0.39, 0.29) is 6.61 Å². The van der Waals surface area contributed by atoms with Crippen molar-refractivity contribution in [3.8, 4) is 11.3 Å². The van der Waals surface area contributed by atoms with E-state index >= 15 is 0 Å². The molecule has 1 aromatic carbocycles. The number of halogens is 8. The molecule has 1 aromatic heterocycles. The second kappa shape index (κ2) is 6.82. The maximum absolute atomic E-state index is 14.0. The Morgan fingerprint density at radius 1 is 1.04 bits per heavy atom. The van der Waals surface area contributed by atoms with Gasteiger partial charge in [0.1, 0.15) is 11.3 Å². The number of aromatic nitrogens is 1. The number of esters is 1. The molecule has 2 rings (SSSR count). The van der Waals surface area contributed by atoms with Gasteiger partial charge in [0.25, 0.3) is 5.76 Å². The summed E-state index contributed by atoms with van der Waals surface area (Å²) in [6, 6.07) is 2.18. The molecule has 0 aliphatic rings. The van der Waals surface area contributed by atoms with Gasteiger partial charge >= 0.3 is 24.2 Å². The number of ether oxygens (including phenoxy) is 1. The molecule has 27 heavy (non-hydrogen) atoms. The van der Waals surface area contributed by atoms with Crippen LogP contribution in [-0.2, 0) is 16.8 Å². The molecule has 0 radical (unpaired) electrons. The lowest BCUT2D eigenvalue weighted by Crippen LogP contribution is -2.35. The molecule has 1 heterocycles. The third kappa shape index (κ3) is 3.88. The van der Waals surface area contributed by atoms with Crippen molar-refractivity contribution in [3.05, 3.63) is 41.2 Å². The summed E-state index contributed by atoms with van der Waals surface area (Å²) in [5.74, 6) is -8.69. The van der Waals surface area contributed by atoms with Gasteiger partial charge in [-0.05, 0) is 19.1 Å². The summed E-state index contributed by atoms with van der Waals surface area (Å²) in [6.45, 7) is 0.915. The molecule has 0 atom stereocenters. The van der Waals surface area contributed by atoms with E-state index in [4.69, 9.17) is 0 Å². The first-order chi connectivity index (χ1) is 12.3. The van der Waals surface area contributed by atoms with E-state index in [0.717, 1.165) is 0 Å². The highest BCUT2D eigenvalue weighted by molar-refractivity contribution is 5.90. The average molecular weight is 403 g/mol. The highest BCUT2D eigenvalue weighted by Crippen LogP contribution is 2.48. The Balaban J connectivity index is 2.66. The number of rotatable bonds is 4. The summed E-state index contributed by atoms with van der Waals surface area (Å²) in [5, 5.41) is 3.02. The van der Waals surface area contributed by atoms with Crippen molar-refractivity contribution in [3.63, 3.8) is 0 Å². The van der Waals surface area contributed by atoms with E-state index in [0.29, 0.717) is 24.3 Å². The number of hydrogen-bond acceptors (Lipinski definition) is 4. The molecule has 0 bridgehead atoms. The standard InChI is InChI=1S/C15H9F8NO3/c1-2-26-12(25)11-9(13(16,17)15(21,22)23)10(24-27-11)7-3-5-8(6-4-7)14(18,19)20/h3-6H,2H2,1H3. The Hall–Kier alpha value is -2.66. The first kappa shape index (κ1) is 20.6. The first-order valence-corrected chi connectivity index (χ1v) is 7.10. The molecule has 4 nitrogen and oxygen atoms in total. The van der Waals surface area contributed by atoms with Crippen LogP contribution in [0, 0.1) is 0 Å². The van der Waals surface area contributed by atoms with Crippen LogP contribution in [0.3, 0.4) is 0 Å². The minimum Gasteiger partial charge on any atom is -0.460 e. The highest BCUT2D eigenvalue weighted by Gasteiger charge is 2.63. The summed E-state index contributed by atoms with van der Waals surface area (Å²) in [4.78, 5) is 11.7. The van der Waals surface area contributed by atoms with E-state index in [2.05, 4.69) is 14.4 Å². The predicted molar refractivity (Wildman–Crippen MR) is 72.8 cm³/mol. The zero-order valence-electron chi connectivity index (χ0n) is 13.2. The normalized spacial score (nSPS) is 12.9. The Bertz CT molecular complexity index is 821. The molecule has 0 aliphatic carbocycles. The van der Waals surface area contributed by atoms with Gasteiger partial charge in [0, 0.05) is 5.56 Å². The fourth-order valence-electron chi connectivity index (χ4n) is 2.07. The fourth-order valence-corrected chi connectivity index (χ4v) is 2.07. The topological polar surface area (TPSA) is 52.3 Å². The van der Waals surface area contributed by atoms with Crippen LogP contribution in [0.25, 0.3) is 11.3 Å². The Labute approximate surface area is 145 Å². The SMILES string of the molecule is CCOC(=O)c1onc(-c2ccc(C(F)(F)F)cc2)c1C(F)(F)C(F)(F)F. The molecule has 0 N–H and O–H groups in total. The lowest BCUT2D eigenvalue weighted by atomic mass is 9.99. The molecular formula is C15H9F8NO3. The number of alkyl halides is 8. The van der Waals surface area contributed by atoms with Gasteiger partial charge in [-0.1, -0.05) is 17.3 Å². The number of nitrogens with zero attached hydrogens (tertiary/aromatic N) is 1. The monoisotopic (exact) mass is 403 g/mol. The second-order valence-electron chi connectivity index (χ2n) is 5.10. The average Bonchev–Trinajstić information content (AvgIpc) is 2.99. The van der Waals surface area contributed by atoms with Gasteiger partial charge in [-0.15, -0.1) is 0 Å². The summed E-state index contributed by atoms with van der Waals surface area (Å²) >= 11 is 0. The summed E-state index contributed by atoms with van der Waals surface area (Å²) in [6.07, 6.45) is -10.9. The zero-order chi connectivity index (χ0) is 20.6. The smallest absolute Gasteiger partial charge is 0.458 e. The molecule has 0 amide bonds. The third-order valence-electron chi connectivity index (χ3n) is 3.31.